The second-order valence-corrected chi connectivity index (χ2v) is 9.76. The molecule has 0 aliphatic carbocycles. The molecule has 1 saturated heterocycles. The fourth-order valence-corrected chi connectivity index (χ4v) is 6.30. The molecule has 0 unspecified atom stereocenters. The predicted molar refractivity (Wildman–Crippen MR) is 129 cm³/mol. The van der Waals surface area contributed by atoms with Gasteiger partial charge >= 0.3 is 17.1 Å². The van der Waals surface area contributed by atoms with Crippen LogP contribution in [-0.4, -0.2) is 65.5 Å². The summed E-state index contributed by atoms with van der Waals surface area (Å²) >= 11 is 2.41. The molecule has 12 nitrogen and oxygen atoms in total. The van der Waals surface area contributed by atoms with Crippen molar-refractivity contribution in [3.63, 3.8) is 0 Å². The number of carboxylic acid groups (broad SMARTS) is 1. The van der Waals surface area contributed by atoms with Crippen molar-refractivity contribution in [1.82, 2.24) is 25.0 Å². The molecule has 2 amide bonds. The first-order valence-corrected chi connectivity index (χ1v) is 12.6. The summed E-state index contributed by atoms with van der Waals surface area (Å²) in [4.78, 5) is 62.2. The van der Waals surface area contributed by atoms with E-state index in [-0.39, 0.29) is 23.2 Å². The van der Waals surface area contributed by atoms with Gasteiger partial charge in [-0.2, -0.15) is 0 Å². The van der Waals surface area contributed by atoms with Crippen LogP contribution >= 0.6 is 23.5 Å². The molecule has 1 aromatic carbocycles. The molecular weight excluding hydrogens is 496 g/mol. The van der Waals surface area contributed by atoms with Crippen LogP contribution in [0.2, 0.25) is 0 Å². The number of fused-ring (bicyclic) bond motifs is 1. The summed E-state index contributed by atoms with van der Waals surface area (Å²) in [6.07, 6.45) is 0. The van der Waals surface area contributed by atoms with Gasteiger partial charge in [-0.3, -0.25) is 28.6 Å². The summed E-state index contributed by atoms with van der Waals surface area (Å²) < 4.78 is 1.19. The van der Waals surface area contributed by atoms with Crippen molar-refractivity contribution >= 4 is 41.3 Å². The molecule has 5 N–H and O–H groups in total. The van der Waals surface area contributed by atoms with Crippen LogP contribution < -0.4 is 22.2 Å². The number of hydrogen-bond acceptors (Lipinski definition) is 9. The van der Waals surface area contributed by atoms with Crippen LogP contribution in [0.25, 0.3) is 0 Å². The minimum Gasteiger partial charge on any atom is -0.477 e. The third kappa shape index (κ3) is 4.63. The zero-order valence-corrected chi connectivity index (χ0v) is 20.1. The largest absolute Gasteiger partial charge is 0.477 e. The Labute approximate surface area is 207 Å². The third-order valence-corrected chi connectivity index (χ3v) is 8.01. The topological polar surface area (TPSA) is 180 Å². The number of carboxylic acids is 1. The number of β-lactam (4-membered cyclic amide) rings is 1. The number of rotatable bonds is 8. The van der Waals surface area contributed by atoms with Crippen LogP contribution in [-0.2, 0) is 20.9 Å². The lowest BCUT2D eigenvalue weighted by Crippen LogP contribution is -2.71. The number of benzene rings is 1. The van der Waals surface area contributed by atoms with E-state index in [1.165, 1.54) is 21.2 Å². The van der Waals surface area contributed by atoms with Gasteiger partial charge in [-0.25, -0.2) is 9.89 Å². The van der Waals surface area contributed by atoms with Crippen molar-refractivity contribution in [3.05, 3.63) is 67.9 Å². The van der Waals surface area contributed by atoms with Crippen molar-refractivity contribution < 1.29 is 19.5 Å². The van der Waals surface area contributed by atoms with E-state index in [4.69, 9.17) is 5.73 Å². The van der Waals surface area contributed by atoms with Gasteiger partial charge in [-0.05, 0) is 18.1 Å². The van der Waals surface area contributed by atoms with Crippen LogP contribution in [0.4, 0.5) is 0 Å². The first-order valence-electron chi connectivity index (χ1n) is 10.6. The lowest BCUT2D eigenvalue weighted by atomic mass is 10.0. The van der Waals surface area contributed by atoms with Crippen molar-refractivity contribution in [1.29, 1.82) is 0 Å². The smallest absolute Gasteiger partial charge is 0.352 e. The number of hydrogen-bond donors (Lipinski definition) is 4. The fourth-order valence-electron chi connectivity index (χ4n) is 3.81. The van der Waals surface area contributed by atoms with E-state index in [1.54, 1.807) is 37.3 Å². The zero-order valence-electron chi connectivity index (χ0n) is 18.5. The number of nitrogens with zero attached hydrogens (tertiary/aromatic N) is 3. The number of aromatic amines is 1. The van der Waals surface area contributed by atoms with Gasteiger partial charge in [0.15, 0.2) is 5.16 Å². The molecule has 2 aliphatic heterocycles. The number of nitrogens with two attached hydrogens (primary N) is 1. The van der Waals surface area contributed by atoms with Gasteiger partial charge < -0.3 is 16.2 Å². The van der Waals surface area contributed by atoms with Gasteiger partial charge in [0.05, 0.1) is 0 Å². The quantitative estimate of drug-likeness (QED) is 0.202. The highest BCUT2D eigenvalue weighted by Gasteiger charge is 2.54. The number of nitrogens with one attached hydrogen (secondary N) is 2. The van der Waals surface area contributed by atoms with E-state index in [0.29, 0.717) is 16.9 Å². The lowest BCUT2D eigenvalue weighted by Gasteiger charge is -2.49. The standard InChI is InChI=1S/C21H22N6O6S2/c1-2-26-18(31)16(29)24-25-21(26)35-9-11-8-34-19-13(17(30)27(19)14(11)20(32)33)23-15(28)12(22)10-6-4-3-5-7-10/h3-7,12-13,19H,2,8-9,22H2,1H3,(H,23,28)(H,24,29)(H,32,33)/t12-,13-,19+/m1/s1. The first-order chi connectivity index (χ1) is 16.7. The highest BCUT2D eigenvalue weighted by molar-refractivity contribution is 8.01. The Morgan fingerprint density at radius 3 is 2.69 bits per heavy atom. The van der Waals surface area contributed by atoms with Gasteiger partial charge in [-0.15, -0.1) is 16.9 Å². The van der Waals surface area contributed by atoms with Gasteiger partial charge in [0.25, 0.3) is 5.91 Å². The number of aromatic nitrogens is 3. The van der Waals surface area contributed by atoms with Gasteiger partial charge in [-0.1, -0.05) is 42.1 Å². The highest BCUT2D eigenvalue weighted by atomic mass is 32.2. The molecular formula is C21H22N6O6S2. The van der Waals surface area contributed by atoms with E-state index in [1.807, 2.05) is 0 Å². The molecule has 1 fully saturated rings. The summed E-state index contributed by atoms with van der Waals surface area (Å²) in [6.45, 7) is 1.91. The van der Waals surface area contributed by atoms with Crippen LogP contribution in [0.15, 0.2) is 56.3 Å². The molecule has 3 atom stereocenters. The maximum absolute atomic E-state index is 12.9. The number of carbonyl (C=O) groups is 3. The normalized spacial score (nSPS) is 20.2. The van der Waals surface area contributed by atoms with Crippen molar-refractivity contribution in [3.8, 4) is 0 Å². The summed E-state index contributed by atoms with van der Waals surface area (Å²) in [6, 6.07) is 6.86. The van der Waals surface area contributed by atoms with Gasteiger partial charge in [0.2, 0.25) is 5.91 Å². The van der Waals surface area contributed by atoms with Crippen LogP contribution in [0, 0.1) is 0 Å². The summed E-state index contributed by atoms with van der Waals surface area (Å²) in [7, 11) is 0. The van der Waals surface area contributed by atoms with E-state index >= 15 is 0 Å². The molecule has 1 aromatic heterocycles. The van der Waals surface area contributed by atoms with Crippen molar-refractivity contribution in [2.24, 2.45) is 5.73 Å². The third-order valence-electron chi connectivity index (χ3n) is 5.60. The number of H-pyrrole nitrogens is 1. The highest BCUT2D eigenvalue weighted by Crippen LogP contribution is 2.41. The average Bonchev–Trinajstić information content (AvgIpc) is 2.87. The number of thioether (sulfide) groups is 2. The Morgan fingerprint density at radius 1 is 1.31 bits per heavy atom. The first kappa shape index (κ1) is 24.8. The lowest BCUT2D eigenvalue weighted by molar-refractivity contribution is -0.150. The molecule has 184 valence electrons. The Hall–Kier alpha value is -3.36. The maximum atomic E-state index is 12.9. The van der Waals surface area contributed by atoms with E-state index in [0.717, 1.165) is 11.8 Å². The summed E-state index contributed by atoms with van der Waals surface area (Å²) in [5, 5.41) is 18.2. The maximum Gasteiger partial charge on any atom is 0.352 e. The van der Waals surface area contributed by atoms with Crippen LogP contribution in [0.1, 0.15) is 18.5 Å². The summed E-state index contributed by atoms with van der Waals surface area (Å²) in [5.41, 5.74) is 5.32. The van der Waals surface area contributed by atoms with Crippen LogP contribution in [0.5, 0.6) is 0 Å². The SMILES string of the molecule is CCn1c(SCC2=C(C(=O)O)N3C(=O)[C@@H](NC(=O)[C@H](N)c4ccccc4)[C@@H]3SC2)n[nH]c(=O)c1=O. The Morgan fingerprint density at radius 2 is 2.03 bits per heavy atom. The van der Waals surface area contributed by atoms with E-state index in [9.17, 15) is 29.1 Å². The predicted octanol–water partition coefficient (Wildman–Crippen LogP) is -0.518. The van der Waals surface area contributed by atoms with E-state index in [2.05, 4.69) is 15.5 Å². The molecule has 0 saturated carbocycles. The summed E-state index contributed by atoms with van der Waals surface area (Å²) in [5.74, 6) is -1.91. The second-order valence-electron chi connectivity index (χ2n) is 7.72. The fraction of sp³-hybridized carbons (Fsp3) is 0.333. The molecule has 4 rings (SSSR count). The minimum atomic E-state index is -1.27. The minimum absolute atomic E-state index is 0.138. The van der Waals surface area contributed by atoms with Crippen molar-refractivity contribution in [2.75, 3.05) is 11.5 Å². The number of carbonyl (C=O) groups excluding carboxylic acids is 2. The molecule has 0 radical (unpaired) electrons. The molecule has 3 heterocycles. The Kier molecular flexibility index (Phi) is 7.14. The molecule has 0 spiro atoms. The molecule has 2 aromatic rings. The van der Waals surface area contributed by atoms with Crippen LogP contribution in [0.3, 0.4) is 0 Å². The van der Waals surface area contributed by atoms with E-state index < -0.39 is 46.4 Å². The average molecular weight is 519 g/mol. The molecule has 2 aliphatic rings. The Bertz CT molecular complexity index is 1320. The van der Waals surface area contributed by atoms with Crippen molar-refractivity contribution in [2.45, 2.75) is 36.1 Å². The number of aliphatic carboxylic acids is 1. The zero-order chi connectivity index (χ0) is 25.3. The molecule has 35 heavy (non-hydrogen) atoms. The second kappa shape index (κ2) is 10.1. The molecule has 0 bridgehead atoms. The van der Waals surface area contributed by atoms with Gasteiger partial charge in [0.1, 0.15) is 23.2 Å². The Balaban J connectivity index is 1.49. The monoisotopic (exact) mass is 518 g/mol. The molecule has 14 heteroatoms. The van der Waals surface area contributed by atoms with Gasteiger partial charge in [0, 0.05) is 18.1 Å². The number of amides is 2.